The molecule has 6 heteroatoms. The number of aromatic amines is 1. The maximum Gasteiger partial charge on any atom is 0.215 e. The van der Waals surface area contributed by atoms with Gasteiger partial charge in [-0.3, -0.25) is 0 Å². The number of aromatic nitrogens is 5. The summed E-state index contributed by atoms with van der Waals surface area (Å²) >= 11 is 0. The van der Waals surface area contributed by atoms with Crippen molar-refractivity contribution >= 4 is 16.7 Å². The van der Waals surface area contributed by atoms with E-state index in [2.05, 4.69) is 20.1 Å². The lowest BCUT2D eigenvalue weighted by molar-refractivity contribution is 0.328. The molecule has 4 aromatic rings. The number of imidazole rings is 1. The fourth-order valence-corrected chi connectivity index (χ4v) is 2.39. The van der Waals surface area contributed by atoms with Crippen LogP contribution in [0.4, 0.5) is 0 Å². The first kappa shape index (κ1) is 11.9. The fourth-order valence-electron chi connectivity index (χ4n) is 2.39. The van der Waals surface area contributed by atoms with Crippen molar-refractivity contribution in [3.05, 3.63) is 42.9 Å². The predicted molar refractivity (Wildman–Crippen MR) is 79.2 cm³/mol. The van der Waals surface area contributed by atoms with Gasteiger partial charge in [-0.05, 0) is 25.1 Å². The molecule has 4 heterocycles. The van der Waals surface area contributed by atoms with Crippen LogP contribution >= 0.6 is 0 Å². The van der Waals surface area contributed by atoms with E-state index in [4.69, 9.17) is 4.74 Å². The summed E-state index contributed by atoms with van der Waals surface area (Å²) in [5, 5.41) is 5.58. The van der Waals surface area contributed by atoms with E-state index in [0.29, 0.717) is 12.5 Å². The number of nitrogens with one attached hydrogen (secondary N) is 1. The molecule has 1 N–H and O–H groups in total. The standard InChI is InChI=1S/C15H13N5O/c1-2-21-14-6-3-10-11(9-17-15(10)18-14)12-4-5-13-16-7-8-20(13)19-12/h3-9H,2H2,1H3,(H,17,18). The lowest BCUT2D eigenvalue weighted by atomic mass is 10.1. The van der Waals surface area contributed by atoms with E-state index in [1.807, 2.05) is 43.6 Å². The molecule has 0 bridgehead atoms. The van der Waals surface area contributed by atoms with Crippen molar-refractivity contribution in [3.63, 3.8) is 0 Å². The molecular weight excluding hydrogens is 266 g/mol. The van der Waals surface area contributed by atoms with Gasteiger partial charge >= 0.3 is 0 Å². The molecule has 6 nitrogen and oxygen atoms in total. The highest BCUT2D eigenvalue weighted by molar-refractivity contribution is 5.92. The zero-order valence-corrected chi connectivity index (χ0v) is 11.4. The van der Waals surface area contributed by atoms with Crippen molar-refractivity contribution in [2.75, 3.05) is 6.61 Å². The van der Waals surface area contributed by atoms with E-state index in [-0.39, 0.29) is 0 Å². The van der Waals surface area contributed by atoms with Crippen LogP contribution in [0.3, 0.4) is 0 Å². The van der Waals surface area contributed by atoms with Crippen LogP contribution in [-0.4, -0.2) is 31.2 Å². The van der Waals surface area contributed by atoms with Crippen molar-refractivity contribution in [1.29, 1.82) is 0 Å². The van der Waals surface area contributed by atoms with Gasteiger partial charge in [-0.1, -0.05) is 0 Å². The molecule has 0 aromatic carbocycles. The van der Waals surface area contributed by atoms with Gasteiger partial charge in [0.15, 0.2) is 5.65 Å². The van der Waals surface area contributed by atoms with Gasteiger partial charge in [-0.2, -0.15) is 10.1 Å². The van der Waals surface area contributed by atoms with E-state index in [1.165, 1.54) is 0 Å². The Morgan fingerprint density at radius 3 is 3.10 bits per heavy atom. The van der Waals surface area contributed by atoms with Crippen molar-refractivity contribution < 1.29 is 4.74 Å². The maximum atomic E-state index is 5.42. The molecule has 0 saturated carbocycles. The van der Waals surface area contributed by atoms with Crippen LogP contribution in [0.25, 0.3) is 27.9 Å². The minimum absolute atomic E-state index is 0.602. The Balaban J connectivity index is 1.85. The van der Waals surface area contributed by atoms with E-state index in [9.17, 15) is 0 Å². The van der Waals surface area contributed by atoms with E-state index >= 15 is 0 Å². The second-order valence-electron chi connectivity index (χ2n) is 4.63. The Bertz CT molecular complexity index is 924. The quantitative estimate of drug-likeness (QED) is 0.626. The number of hydrogen-bond acceptors (Lipinski definition) is 4. The minimum Gasteiger partial charge on any atom is -0.478 e. The smallest absolute Gasteiger partial charge is 0.215 e. The summed E-state index contributed by atoms with van der Waals surface area (Å²) < 4.78 is 7.18. The van der Waals surface area contributed by atoms with Crippen molar-refractivity contribution in [2.45, 2.75) is 6.92 Å². The molecule has 0 aliphatic rings. The van der Waals surface area contributed by atoms with Crippen LogP contribution in [0.5, 0.6) is 5.88 Å². The molecule has 21 heavy (non-hydrogen) atoms. The molecule has 4 aromatic heterocycles. The van der Waals surface area contributed by atoms with Gasteiger partial charge < -0.3 is 9.72 Å². The molecule has 4 rings (SSSR count). The lowest BCUT2D eigenvalue weighted by Gasteiger charge is -2.02. The summed E-state index contributed by atoms with van der Waals surface area (Å²) in [6.07, 6.45) is 5.48. The summed E-state index contributed by atoms with van der Waals surface area (Å²) in [5.41, 5.74) is 3.51. The Morgan fingerprint density at radius 2 is 2.19 bits per heavy atom. The molecular formula is C15H13N5O. The average molecular weight is 279 g/mol. The number of H-pyrrole nitrogens is 1. The Labute approximate surface area is 120 Å². The van der Waals surface area contributed by atoms with Crippen LogP contribution in [0.1, 0.15) is 6.92 Å². The number of pyridine rings is 1. The highest BCUT2D eigenvalue weighted by Crippen LogP contribution is 2.27. The van der Waals surface area contributed by atoms with Crippen LogP contribution in [0.2, 0.25) is 0 Å². The summed E-state index contributed by atoms with van der Waals surface area (Å²) in [7, 11) is 0. The third-order valence-corrected chi connectivity index (χ3v) is 3.34. The van der Waals surface area contributed by atoms with Crippen molar-refractivity contribution in [2.24, 2.45) is 0 Å². The Morgan fingerprint density at radius 1 is 1.24 bits per heavy atom. The number of rotatable bonds is 3. The van der Waals surface area contributed by atoms with E-state index in [0.717, 1.165) is 27.9 Å². The average Bonchev–Trinajstić information content (AvgIpc) is 3.12. The molecule has 0 atom stereocenters. The zero-order valence-electron chi connectivity index (χ0n) is 11.4. The maximum absolute atomic E-state index is 5.42. The Kier molecular flexibility index (Phi) is 2.60. The third-order valence-electron chi connectivity index (χ3n) is 3.34. The summed E-state index contributed by atoms with van der Waals surface area (Å²) in [6, 6.07) is 7.78. The molecule has 0 saturated heterocycles. The molecule has 0 spiro atoms. The van der Waals surface area contributed by atoms with Crippen LogP contribution in [0.15, 0.2) is 42.9 Å². The first-order chi connectivity index (χ1) is 10.3. The van der Waals surface area contributed by atoms with Gasteiger partial charge in [0.1, 0.15) is 5.65 Å². The van der Waals surface area contributed by atoms with E-state index < -0.39 is 0 Å². The van der Waals surface area contributed by atoms with Crippen LogP contribution in [-0.2, 0) is 0 Å². The van der Waals surface area contributed by atoms with Gasteiger partial charge in [0.2, 0.25) is 5.88 Å². The Hall–Kier alpha value is -2.89. The van der Waals surface area contributed by atoms with Gasteiger partial charge in [-0.25, -0.2) is 9.50 Å². The predicted octanol–water partition coefficient (Wildman–Crippen LogP) is 2.67. The zero-order chi connectivity index (χ0) is 14.2. The fraction of sp³-hybridized carbons (Fsp3) is 0.133. The second kappa shape index (κ2) is 4.59. The topological polar surface area (TPSA) is 68.1 Å². The molecule has 0 aliphatic heterocycles. The lowest BCUT2D eigenvalue weighted by Crippen LogP contribution is -1.94. The van der Waals surface area contributed by atoms with Crippen molar-refractivity contribution in [3.8, 4) is 17.1 Å². The van der Waals surface area contributed by atoms with Gasteiger partial charge in [0, 0.05) is 35.6 Å². The number of nitrogens with zero attached hydrogens (tertiary/aromatic N) is 4. The third kappa shape index (κ3) is 1.92. The first-order valence-corrected chi connectivity index (χ1v) is 6.77. The number of fused-ring (bicyclic) bond motifs is 2. The molecule has 0 aliphatic carbocycles. The monoisotopic (exact) mass is 279 g/mol. The molecule has 0 radical (unpaired) electrons. The van der Waals surface area contributed by atoms with Crippen LogP contribution < -0.4 is 4.74 Å². The highest BCUT2D eigenvalue weighted by Gasteiger charge is 2.10. The summed E-state index contributed by atoms with van der Waals surface area (Å²) in [6.45, 7) is 2.54. The number of hydrogen-bond donors (Lipinski definition) is 1. The normalized spacial score (nSPS) is 11.3. The van der Waals surface area contributed by atoms with Gasteiger partial charge in [-0.15, -0.1) is 0 Å². The highest BCUT2D eigenvalue weighted by atomic mass is 16.5. The molecule has 0 unspecified atom stereocenters. The second-order valence-corrected chi connectivity index (χ2v) is 4.63. The SMILES string of the molecule is CCOc1ccc2c(-c3ccc4nccn4n3)c[nH]c2n1. The van der Waals surface area contributed by atoms with Crippen LogP contribution in [0, 0.1) is 0 Å². The molecule has 0 amide bonds. The minimum atomic E-state index is 0.602. The summed E-state index contributed by atoms with van der Waals surface area (Å²) in [5.74, 6) is 0.622. The first-order valence-electron chi connectivity index (χ1n) is 6.77. The van der Waals surface area contributed by atoms with Crippen molar-refractivity contribution in [1.82, 2.24) is 24.6 Å². The number of ether oxygens (including phenoxy) is 1. The largest absolute Gasteiger partial charge is 0.478 e. The van der Waals surface area contributed by atoms with Gasteiger partial charge in [0.05, 0.1) is 12.3 Å². The summed E-state index contributed by atoms with van der Waals surface area (Å²) in [4.78, 5) is 11.8. The van der Waals surface area contributed by atoms with E-state index in [1.54, 1.807) is 10.7 Å². The molecule has 104 valence electrons. The van der Waals surface area contributed by atoms with Gasteiger partial charge in [0.25, 0.3) is 0 Å². The molecule has 0 fully saturated rings.